The molecule has 0 saturated carbocycles. The summed E-state index contributed by atoms with van der Waals surface area (Å²) in [5, 5.41) is 0.732. The zero-order chi connectivity index (χ0) is 17.4. The van der Waals surface area contributed by atoms with E-state index in [0.717, 1.165) is 29.1 Å². The van der Waals surface area contributed by atoms with E-state index in [2.05, 4.69) is 23.8 Å². The van der Waals surface area contributed by atoms with Crippen molar-refractivity contribution in [2.75, 3.05) is 0 Å². The first-order chi connectivity index (χ1) is 12.2. The summed E-state index contributed by atoms with van der Waals surface area (Å²) in [6.45, 7) is 2.94. The van der Waals surface area contributed by atoms with Crippen LogP contribution in [0.1, 0.15) is 42.4 Å². The number of rotatable bonds is 4. The van der Waals surface area contributed by atoms with Gasteiger partial charge < -0.3 is 4.57 Å². The molecule has 1 aromatic heterocycles. The normalized spacial score (nSPS) is 16.2. The van der Waals surface area contributed by atoms with Crippen LogP contribution in [0.4, 0.5) is 4.39 Å². The zero-order valence-corrected chi connectivity index (χ0v) is 15.1. The Balaban J connectivity index is 1.85. The third-order valence-electron chi connectivity index (χ3n) is 5.26. The first kappa shape index (κ1) is 16.4. The topological polar surface area (TPSA) is 4.93 Å². The Labute approximate surface area is 153 Å². The van der Waals surface area contributed by atoms with E-state index in [4.69, 9.17) is 11.6 Å². The average Bonchev–Trinajstić information content (AvgIpc) is 3.14. The van der Waals surface area contributed by atoms with Gasteiger partial charge in [-0.3, -0.25) is 0 Å². The van der Waals surface area contributed by atoms with Crippen LogP contribution in [0, 0.1) is 5.82 Å². The van der Waals surface area contributed by atoms with Crippen molar-refractivity contribution in [2.45, 2.75) is 38.6 Å². The van der Waals surface area contributed by atoms with Gasteiger partial charge in [-0.05, 0) is 66.1 Å². The van der Waals surface area contributed by atoms with E-state index in [1.165, 1.54) is 17.5 Å². The largest absolute Gasteiger partial charge is 0.342 e. The van der Waals surface area contributed by atoms with Gasteiger partial charge in [-0.25, -0.2) is 4.39 Å². The van der Waals surface area contributed by atoms with E-state index in [9.17, 15) is 4.39 Å². The van der Waals surface area contributed by atoms with Crippen molar-refractivity contribution in [1.82, 2.24) is 4.57 Å². The van der Waals surface area contributed by atoms with Crippen LogP contribution in [0.2, 0.25) is 5.02 Å². The minimum atomic E-state index is -0.157. The fourth-order valence-electron chi connectivity index (χ4n) is 4.06. The number of hydrogen-bond donors (Lipinski definition) is 0. The molecule has 3 heteroatoms. The third-order valence-corrected chi connectivity index (χ3v) is 5.50. The van der Waals surface area contributed by atoms with Crippen LogP contribution in [0.15, 0.2) is 54.7 Å². The van der Waals surface area contributed by atoms with Gasteiger partial charge in [0.15, 0.2) is 0 Å². The Morgan fingerprint density at radius 2 is 2.00 bits per heavy atom. The molecule has 3 aromatic rings. The van der Waals surface area contributed by atoms with Gasteiger partial charge in [-0.15, -0.1) is 0 Å². The molecule has 0 aliphatic heterocycles. The highest BCUT2D eigenvalue weighted by atomic mass is 35.5. The van der Waals surface area contributed by atoms with Crippen molar-refractivity contribution in [3.63, 3.8) is 0 Å². The van der Waals surface area contributed by atoms with E-state index in [-0.39, 0.29) is 5.82 Å². The van der Waals surface area contributed by atoms with Gasteiger partial charge in [-0.2, -0.15) is 0 Å². The van der Waals surface area contributed by atoms with E-state index in [1.807, 2.05) is 30.3 Å². The quantitative estimate of drug-likeness (QED) is 0.509. The van der Waals surface area contributed by atoms with Crippen molar-refractivity contribution in [3.05, 3.63) is 82.3 Å². The number of aromatic nitrogens is 1. The Hall–Kier alpha value is -2.06. The highest BCUT2D eigenvalue weighted by Crippen LogP contribution is 2.42. The van der Waals surface area contributed by atoms with E-state index in [1.54, 1.807) is 12.1 Å². The molecular formula is C22H21ClFN. The smallest absolute Gasteiger partial charge is 0.132 e. The lowest BCUT2D eigenvalue weighted by Crippen LogP contribution is -2.03. The lowest BCUT2D eigenvalue weighted by molar-refractivity contribution is 0.626. The van der Waals surface area contributed by atoms with Gasteiger partial charge in [0, 0.05) is 23.3 Å². The van der Waals surface area contributed by atoms with E-state index < -0.39 is 0 Å². The minimum Gasteiger partial charge on any atom is -0.342 e. The second-order valence-electron chi connectivity index (χ2n) is 6.79. The molecule has 1 unspecified atom stereocenters. The Morgan fingerprint density at radius 1 is 1.16 bits per heavy atom. The van der Waals surface area contributed by atoms with Crippen LogP contribution in [-0.4, -0.2) is 4.57 Å². The molecule has 2 aromatic carbocycles. The predicted molar refractivity (Wildman–Crippen MR) is 102 cm³/mol. The number of fused-ring (bicyclic) bond motifs is 1. The van der Waals surface area contributed by atoms with Crippen molar-refractivity contribution in [3.8, 4) is 11.3 Å². The summed E-state index contributed by atoms with van der Waals surface area (Å²) < 4.78 is 16.8. The summed E-state index contributed by atoms with van der Waals surface area (Å²) in [5.41, 5.74) is 5.57. The second-order valence-corrected chi connectivity index (χ2v) is 7.23. The highest BCUT2D eigenvalue weighted by Gasteiger charge is 2.28. The molecule has 0 amide bonds. The lowest BCUT2D eigenvalue weighted by atomic mass is 10.0. The average molecular weight is 354 g/mol. The molecule has 25 heavy (non-hydrogen) atoms. The molecule has 0 radical (unpaired) electrons. The van der Waals surface area contributed by atoms with Crippen LogP contribution in [0.5, 0.6) is 0 Å². The maximum absolute atomic E-state index is 14.5. The standard InChI is InChI=1S/C22H21ClFN/c1-2-16-10-11-18-20(16)14-25(13-15-6-5-7-17(23)12-15)22(18)19-8-3-4-9-21(19)24/h3-9,12,14,16H,2,10-11,13H2,1H3. The molecule has 1 nitrogen and oxygen atoms in total. The molecule has 1 atom stereocenters. The van der Waals surface area contributed by atoms with Crippen LogP contribution in [0.25, 0.3) is 11.3 Å². The Morgan fingerprint density at radius 3 is 2.76 bits per heavy atom. The first-order valence-corrected chi connectivity index (χ1v) is 9.26. The summed E-state index contributed by atoms with van der Waals surface area (Å²) in [7, 11) is 0. The molecule has 128 valence electrons. The monoisotopic (exact) mass is 353 g/mol. The van der Waals surface area contributed by atoms with Crippen molar-refractivity contribution >= 4 is 11.6 Å². The number of halogens is 2. The van der Waals surface area contributed by atoms with Crippen molar-refractivity contribution in [2.24, 2.45) is 0 Å². The molecular weight excluding hydrogens is 333 g/mol. The summed E-state index contributed by atoms with van der Waals surface area (Å²) in [4.78, 5) is 0. The van der Waals surface area contributed by atoms with Crippen LogP contribution >= 0.6 is 11.6 Å². The summed E-state index contributed by atoms with van der Waals surface area (Å²) in [5.74, 6) is 0.428. The Bertz CT molecular complexity index is 912. The summed E-state index contributed by atoms with van der Waals surface area (Å²) in [6.07, 6.45) is 5.56. The molecule has 1 aliphatic rings. The van der Waals surface area contributed by atoms with E-state index in [0.29, 0.717) is 18.0 Å². The van der Waals surface area contributed by atoms with E-state index >= 15 is 0 Å². The summed E-state index contributed by atoms with van der Waals surface area (Å²) >= 11 is 6.14. The molecule has 0 fully saturated rings. The number of hydrogen-bond acceptors (Lipinski definition) is 0. The molecule has 0 spiro atoms. The molecule has 0 bridgehead atoms. The predicted octanol–water partition coefficient (Wildman–Crippen LogP) is 6.44. The molecule has 1 heterocycles. The fraction of sp³-hybridized carbons (Fsp3) is 0.273. The van der Waals surface area contributed by atoms with Gasteiger partial charge in [0.25, 0.3) is 0 Å². The first-order valence-electron chi connectivity index (χ1n) is 8.88. The van der Waals surface area contributed by atoms with Gasteiger partial charge >= 0.3 is 0 Å². The number of benzene rings is 2. The van der Waals surface area contributed by atoms with Crippen LogP contribution in [-0.2, 0) is 13.0 Å². The molecule has 4 rings (SSSR count). The van der Waals surface area contributed by atoms with Crippen molar-refractivity contribution < 1.29 is 4.39 Å². The van der Waals surface area contributed by atoms with Crippen LogP contribution in [0.3, 0.4) is 0 Å². The fourth-order valence-corrected chi connectivity index (χ4v) is 4.27. The minimum absolute atomic E-state index is 0.157. The maximum atomic E-state index is 14.5. The Kier molecular flexibility index (Phi) is 4.39. The van der Waals surface area contributed by atoms with Crippen molar-refractivity contribution in [1.29, 1.82) is 0 Å². The third kappa shape index (κ3) is 3.00. The lowest BCUT2D eigenvalue weighted by Gasteiger charge is -2.13. The number of nitrogens with zero attached hydrogens (tertiary/aromatic N) is 1. The van der Waals surface area contributed by atoms with Gasteiger partial charge in [-0.1, -0.05) is 42.8 Å². The zero-order valence-electron chi connectivity index (χ0n) is 14.3. The maximum Gasteiger partial charge on any atom is 0.132 e. The molecule has 1 aliphatic carbocycles. The highest BCUT2D eigenvalue weighted by molar-refractivity contribution is 6.30. The summed E-state index contributed by atoms with van der Waals surface area (Å²) in [6, 6.07) is 15.0. The molecule has 0 saturated heterocycles. The van der Waals surface area contributed by atoms with Gasteiger partial charge in [0.05, 0.1) is 5.69 Å². The van der Waals surface area contributed by atoms with Gasteiger partial charge in [0.1, 0.15) is 5.82 Å². The second kappa shape index (κ2) is 6.68. The van der Waals surface area contributed by atoms with Gasteiger partial charge in [0.2, 0.25) is 0 Å². The van der Waals surface area contributed by atoms with Crippen LogP contribution < -0.4 is 0 Å². The SMILES string of the molecule is CCC1CCc2c1cn(Cc1cccc(Cl)c1)c2-c1ccccc1F. The molecule has 0 N–H and O–H groups in total.